The topological polar surface area (TPSA) is 58.0 Å². The van der Waals surface area contributed by atoms with Crippen LogP contribution in [-0.4, -0.2) is 27.2 Å². The molecule has 1 fully saturated rings. The molecule has 1 aromatic rings. The van der Waals surface area contributed by atoms with Crippen molar-refractivity contribution in [2.45, 2.75) is 38.1 Å². The molecule has 94 valence electrons. The van der Waals surface area contributed by atoms with Crippen LogP contribution >= 0.6 is 15.9 Å². The number of nitrogens with one attached hydrogen (secondary N) is 1. The van der Waals surface area contributed by atoms with Gasteiger partial charge in [0.05, 0.1) is 12.1 Å². The molecule has 2 N–H and O–H groups in total. The highest BCUT2D eigenvalue weighted by atomic mass is 79.9. The Morgan fingerprint density at radius 1 is 1.47 bits per heavy atom. The number of nitrogens with zero attached hydrogens (tertiary/aromatic N) is 2. The summed E-state index contributed by atoms with van der Waals surface area (Å²) in [7, 11) is 0. The summed E-state index contributed by atoms with van der Waals surface area (Å²) in [6.07, 6.45) is 5.81. The molecule has 5 heteroatoms. The normalized spacial score (nSPS) is 29.0. The predicted octanol–water partition coefficient (Wildman–Crippen LogP) is 2.59. The van der Waals surface area contributed by atoms with Crippen molar-refractivity contribution in [1.29, 1.82) is 0 Å². The van der Waals surface area contributed by atoms with Gasteiger partial charge in [0, 0.05) is 6.07 Å². The average Bonchev–Trinajstić information content (AvgIpc) is 2.33. The Labute approximate surface area is 110 Å². The van der Waals surface area contributed by atoms with Crippen LogP contribution in [0.25, 0.3) is 0 Å². The van der Waals surface area contributed by atoms with Crippen LogP contribution in [0.15, 0.2) is 17.0 Å². The van der Waals surface area contributed by atoms with E-state index in [0.717, 1.165) is 42.0 Å². The zero-order valence-corrected chi connectivity index (χ0v) is 11.6. The lowest BCUT2D eigenvalue weighted by atomic mass is 9.77. The fraction of sp³-hybridized carbons (Fsp3) is 0.667. The van der Waals surface area contributed by atoms with Crippen LogP contribution in [0.1, 0.15) is 32.6 Å². The van der Waals surface area contributed by atoms with Gasteiger partial charge in [-0.25, -0.2) is 9.97 Å². The molecule has 17 heavy (non-hydrogen) atoms. The highest BCUT2D eigenvalue weighted by Crippen LogP contribution is 2.34. The van der Waals surface area contributed by atoms with Crippen LogP contribution in [0, 0.1) is 5.92 Å². The van der Waals surface area contributed by atoms with E-state index in [1.165, 1.54) is 6.33 Å². The molecule has 0 aromatic carbocycles. The summed E-state index contributed by atoms with van der Waals surface area (Å²) < 4.78 is 0.757. The van der Waals surface area contributed by atoms with E-state index < -0.39 is 0 Å². The van der Waals surface area contributed by atoms with Crippen molar-refractivity contribution in [2.24, 2.45) is 5.92 Å². The molecule has 0 unspecified atom stereocenters. The van der Waals surface area contributed by atoms with Crippen molar-refractivity contribution in [3.8, 4) is 0 Å². The third-order valence-electron chi connectivity index (χ3n) is 3.56. The SMILES string of the molecule is CC1CCC(CO)(Nc2cc(Br)ncn2)CC1. The summed E-state index contributed by atoms with van der Waals surface area (Å²) in [6.45, 7) is 2.42. The molecule has 0 spiro atoms. The molecule has 1 aliphatic carbocycles. The molecular weight excluding hydrogens is 282 g/mol. The average molecular weight is 300 g/mol. The summed E-state index contributed by atoms with van der Waals surface area (Å²) in [5, 5.41) is 13.0. The van der Waals surface area contributed by atoms with E-state index in [2.05, 4.69) is 38.1 Å². The standard InChI is InChI=1S/C12H18BrN3O/c1-9-2-4-12(7-17,5-3-9)16-11-6-10(13)14-8-15-11/h6,8-9,17H,2-5,7H2,1H3,(H,14,15,16). The molecule has 0 aliphatic heterocycles. The van der Waals surface area contributed by atoms with E-state index in [0.29, 0.717) is 0 Å². The Bertz CT molecular complexity index is 378. The predicted molar refractivity (Wildman–Crippen MR) is 70.8 cm³/mol. The molecule has 1 aromatic heterocycles. The van der Waals surface area contributed by atoms with Crippen LogP contribution in [0.2, 0.25) is 0 Å². The number of aromatic nitrogens is 2. The number of aliphatic hydroxyl groups excluding tert-OH is 1. The van der Waals surface area contributed by atoms with Crippen molar-refractivity contribution in [3.63, 3.8) is 0 Å². The van der Waals surface area contributed by atoms with Gasteiger partial charge in [0.1, 0.15) is 16.7 Å². The monoisotopic (exact) mass is 299 g/mol. The maximum atomic E-state index is 9.64. The van der Waals surface area contributed by atoms with Gasteiger partial charge in [-0.15, -0.1) is 0 Å². The van der Waals surface area contributed by atoms with Gasteiger partial charge in [-0.2, -0.15) is 0 Å². The second-order valence-electron chi connectivity index (χ2n) is 4.97. The van der Waals surface area contributed by atoms with Crippen LogP contribution in [0.5, 0.6) is 0 Å². The maximum absolute atomic E-state index is 9.64. The quantitative estimate of drug-likeness (QED) is 0.842. The zero-order valence-electron chi connectivity index (χ0n) is 9.99. The number of aliphatic hydroxyl groups is 1. The summed E-state index contributed by atoms with van der Waals surface area (Å²) in [6, 6.07) is 1.84. The number of hydrogen-bond acceptors (Lipinski definition) is 4. The van der Waals surface area contributed by atoms with E-state index in [1.54, 1.807) is 0 Å². The van der Waals surface area contributed by atoms with Gasteiger partial charge in [-0.05, 0) is 47.5 Å². The lowest BCUT2D eigenvalue weighted by Gasteiger charge is -2.39. The molecule has 1 aliphatic rings. The number of halogens is 1. The Hall–Kier alpha value is -0.680. The van der Waals surface area contributed by atoms with Crippen LogP contribution in [-0.2, 0) is 0 Å². The molecule has 4 nitrogen and oxygen atoms in total. The lowest BCUT2D eigenvalue weighted by Crippen LogP contribution is -2.45. The third kappa shape index (κ3) is 3.16. The molecule has 1 saturated carbocycles. The van der Waals surface area contributed by atoms with Crippen molar-refractivity contribution in [2.75, 3.05) is 11.9 Å². The fourth-order valence-corrected chi connectivity index (χ4v) is 2.62. The summed E-state index contributed by atoms with van der Waals surface area (Å²) >= 11 is 3.32. The number of rotatable bonds is 3. The van der Waals surface area contributed by atoms with E-state index in [4.69, 9.17) is 0 Å². The minimum Gasteiger partial charge on any atom is -0.394 e. The molecule has 1 heterocycles. The van der Waals surface area contributed by atoms with Crippen LogP contribution < -0.4 is 5.32 Å². The summed E-state index contributed by atoms with van der Waals surface area (Å²) in [5.41, 5.74) is -0.208. The lowest BCUT2D eigenvalue weighted by molar-refractivity contribution is 0.155. The van der Waals surface area contributed by atoms with Gasteiger partial charge in [0.15, 0.2) is 0 Å². The van der Waals surface area contributed by atoms with Gasteiger partial charge in [0.2, 0.25) is 0 Å². The van der Waals surface area contributed by atoms with Gasteiger partial charge >= 0.3 is 0 Å². The first-order valence-electron chi connectivity index (χ1n) is 6.00. The zero-order chi connectivity index (χ0) is 12.3. The Balaban J connectivity index is 2.09. The minimum absolute atomic E-state index is 0.154. The molecular formula is C12H18BrN3O. The first-order chi connectivity index (χ1) is 8.13. The molecule has 0 atom stereocenters. The molecule has 0 bridgehead atoms. The van der Waals surface area contributed by atoms with Crippen molar-refractivity contribution in [1.82, 2.24) is 9.97 Å². The molecule has 0 radical (unpaired) electrons. The third-order valence-corrected chi connectivity index (χ3v) is 3.99. The van der Waals surface area contributed by atoms with Gasteiger partial charge in [-0.3, -0.25) is 0 Å². The number of anilines is 1. The number of hydrogen-bond donors (Lipinski definition) is 2. The minimum atomic E-state index is -0.208. The highest BCUT2D eigenvalue weighted by Gasteiger charge is 2.33. The Morgan fingerprint density at radius 3 is 2.76 bits per heavy atom. The largest absolute Gasteiger partial charge is 0.394 e. The van der Waals surface area contributed by atoms with Crippen molar-refractivity contribution < 1.29 is 5.11 Å². The second kappa shape index (κ2) is 5.31. The van der Waals surface area contributed by atoms with Gasteiger partial charge < -0.3 is 10.4 Å². The Kier molecular flexibility index (Phi) is 3.99. The van der Waals surface area contributed by atoms with Crippen LogP contribution in [0.4, 0.5) is 5.82 Å². The van der Waals surface area contributed by atoms with E-state index in [1.807, 2.05) is 6.07 Å². The Morgan fingerprint density at radius 2 is 2.18 bits per heavy atom. The molecule has 0 amide bonds. The first kappa shape index (κ1) is 12.8. The molecule has 0 saturated heterocycles. The first-order valence-corrected chi connectivity index (χ1v) is 6.79. The van der Waals surface area contributed by atoms with Crippen molar-refractivity contribution >= 4 is 21.7 Å². The van der Waals surface area contributed by atoms with Crippen molar-refractivity contribution in [3.05, 3.63) is 17.0 Å². The van der Waals surface area contributed by atoms with E-state index in [-0.39, 0.29) is 12.1 Å². The van der Waals surface area contributed by atoms with Crippen LogP contribution in [0.3, 0.4) is 0 Å². The second-order valence-corrected chi connectivity index (χ2v) is 5.78. The van der Waals surface area contributed by atoms with E-state index in [9.17, 15) is 5.11 Å². The molecule has 2 rings (SSSR count). The summed E-state index contributed by atoms with van der Waals surface area (Å²) in [5.74, 6) is 1.53. The smallest absolute Gasteiger partial charge is 0.130 e. The maximum Gasteiger partial charge on any atom is 0.130 e. The highest BCUT2D eigenvalue weighted by molar-refractivity contribution is 9.10. The van der Waals surface area contributed by atoms with E-state index >= 15 is 0 Å². The summed E-state index contributed by atoms with van der Waals surface area (Å²) in [4.78, 5) is 8.18. The van der Waals surface area contributed by atoms with Gasteiger partial charge in [-0.1, -0.05) is 6.92 Å². The van der Waals surface area contributed by atoms with Gasteiger partial charge in [0.25, 0.3) is 0 Å². The fourth-order valence-electron chi connectivity index (χ4n) is 2.31.